The molecule has 21 heavy (non-hydrogen) atoms. The van der Waals surface area contributed by atoms with Gasteiger partial charge in [0.15, 0.2) is 5.78 Å². The van der Waals surface area contributed by atoms with Gasteiger partial charge >= 0.3 is 0 Å². The normalized spacial score (nSPS) is 17.6. The molecular formula is C17H21NO2S. The van der Waals surface area contributed by atoms with Crippen LogP contribution in [0.3, 0.4) is 0 Å². The Morgan fingerprint density at radius 1 is 1.33 bits per heavy atom. The first-order valence-corrected chi connectivity index (χ1v) is 8.01. The van der Waals surface area contributed by atoms with Crippen LogP contribution in [0.15, 0.2) is 35.4 Å². The molecule has 1 saturated heterocycles. The quantitative estimate of drug-likeness (QED) is 0.802. The molecule has 1 heterocycles. The third-order valence-corrected chi connectivity index (χ3v) is 4.52. The summed E-state index contributed by atoms with van der Waals surface area (Å²) in [6, 6.07) is 8.01. The molecule has 1 aromatic carbocycles. The highest BCUT2D eigenvalue weighted by Crippen LogP contribution is 2.32. The van der Waals surface area contributed by atoms with Crippen molar-refractivity contribution in [1.29, 1.82) is 0 Å². The first-order chi connectivity index (χ1) is 9.79. The van der Waals surface area contributed by atoms with Crippen LogP contribution in [-0.4, -0.2) is 22.3 Å². The molecule has 1 fully saturated rings. The van der Waals surface area contributed by atoms with Gasteiger partial charge in [0.05, 0.1) is 17.3 Å². The van der Waals surface area contributed by atoms with E-state index >= 15 is 0 Å². The Kier molecular flexibility index (Phi) is 4.57. The fourth-order valence-electron chi connectivity index (χ4n) is 1.99. The van der Waals surface area contributed by atoms with Gasteiger partial charge in [0.2, 0.25) is 5.91 Å². The monoisotopic (exact) mass is 303 g/mol. The lowest BCUT2D eigenvalue weighted by molar-refractivity contribution is -0.125. The second kappa shape index (κ2) is 6.06. The zero-order valence-electron chi connectivity index (χ0n) is 13.0. The van der Waals surface area contributed by atoms with Gasteiger partial charge < -0.3 is 4.90 Å². The largest absolute Gasteiger partial charge is 0.301 e. The van der Waals surface area contributed by atoms with Gasteiger partial charge in [-0.05, 0) is 18.1 Å². The maximum Gasteiger partial charge on any atom is 0.238 e. The second-order valence-electron chi connectivity index (χ2n) is 6.29. The SMILES string of the molecule is Cc1ccccc1CN1C(=O)CS/C1=C\C(=O)C(C)(C)C. The molecule has 0 saturated carbocycles. The number of carbonyl (C=O) groups excluding carboxylic acids is 2. The Balaban J connectivity index is 2.24. The van der Waals surface area contributed by atoms with E-state index in [0.29, 0.717) is 12.3 Å². The van der Waals surface area contributed by atoms with Gasteiger partial charge in [-0.1, -0.05) is 56.8 Å². The molecule has 2 rings (SSSR count). The number of nitrogens with zero attached hydrogens (tertiary/aromatic N) is 1. The lowest BCUT2D eigenvalue weighted by Gasteiger charge is -2.20. The van der Waals surface area contributed by atoms with Gasteiger partial charge in [-0.15, -0.1) is 0 Å². The van der Waals surface area contributed by atoms with Gasteiger partial charge in [0.25, 0.3) is 0 Å². The molecule has 0 bridgehead atoms. The van der Waals surface area contributed by atoms with Crippen LogP contribution in [0.4, 0.5) is 0 Å². The molecule has 4 heteroatoms. The summed E-state index contributed by atoms with van der Waals surface area (Å²) in [6.07, 6.45) is 1.62. The number of hydrogen-bond donors (Lipinski definition) is 0. The predicted octanol–water partition coefficient (Wildman–Crippen LogP) is 3.53. The van der Waals surface area contributed by atoms with E-state index in [-0.39, 0.29) is 11.7 Å². The number of allylic oxidation sites excluding steroid dienone is 1. The number of thioether (sulfide) groups is 1. The van der Waals surface area contributed by atoms with E-state index in [1.54, 1.807) is 11.0 Å². The first-order valence-electron chi connectivity index (χ1n) is 7.03. The highest BCUT2D eigenvalue weighted by atomic mass is 32.2. The Bertz CT molecular complexity index is 599. The number of hydrogen-bond acceptors (Lipinski definition) is 3. The number of ketones is 1. The predicted molar refractivity (Wildman–Crippen MR) is 86.7 cm³/mol. The number of amides is 1. The molecule has 0 spiro atoms. The van der Waals surface area contributed by atoms with Crippen LogP contribution in [0.1, 0.15) is 31.9 Å². The van der Waals surface area contributed by atoms with Gasteiger partial charge in [0, 0.05) is 11.5 Å². The van der Waals surface area contributed by atoms with Crippen LogP contribution in [-0.2, 0) is 16.1 Å². The molecule has 0 N–H and O–H groups in total. The molecule has 1 aromatic rings. The van der Waals surface area contributed by atoms with E-state index in [9.17, 15) is 9.59 Å². The smallest absolute Gasteiger partial charge is 0.238 e. The van der Waals surface area contributed by atoms with Crippen molar-refractivity contribution in [3.8, 4) is 0 Å². The number of aryl methyl sites for hydroxylation is 1. The molecule has 3 nitrogen and oxygen atoms in total. The minimum atomic E-state index is -0.423. The van der Waals surface area contributed by atoms with E-state index in [2.05, 4.69) is 0 Å². The topological polar surface area (TPSA) is 37.4 Å². The fourth-order valence-corrected chi connectivity index (χ4v) is 2.93. The van der Waals surface area contributed by atoms with E-state index in [1.165, 1.54) is 11.8 Å². The summed E-state index contributed by atoms with van der Waals surface area (Å²) in [6.45, 7) is 8.23. The van der Waals surface area contributed by atoms with E-state index in [4.69, 9.17) is 0 Å². The number of benzene rings is 1. The Labute approximate surface area is 130 Å². The molecule has 1 amide bonds. The van der Waals surface area contributed by atoms with Crippen molar-refractivity contribution >= 4 is 23.5 Å². The molecule has 0 unspecified atom stereocenters. The van der Waals surface area contributed by atoms with Crippen molar-refractivity contribution in [2.75, 3.05) is 5.75 Å². The molecule has 1 aliphatic heterocycles. The van der Waals surface area contributed by atoms with E-state index < -0.39 is 5.41 Å². The van der Waals surface area contributed by atoms with Crippen molar-refractivity contribution in [2.24, 2.45) is 5.41 Å². The van der Waals surface area contributed by atoms with E-state index in [0.717, 1.165) is 16.2 Å². The zero-order valence-corrected chi connectivity index (χ0v) is 13.8. The van der Waals surface area contributed by atoms with Crippen LogP contribution in [0.2, 0.25) is 0 Å². The first kappa shape index (κ1) is 15.8. The fraction of sp³-hybridized carbons (Fsp3) is 0.412. The minimum Gasteiger partial charge on any atom is -0.301 e. The average molecular weight is 303 g/mol. The minimum absolute atomic E-state index is 0.0504. The Morgan fingerprint density at radius 3 is 2.62 bits per heavy atom. The van der Waals surface area contributed by atoms with Gasteiger partial charge in [-0.3, -0.25) is 9.59 Å². The van der Waals surface area contributed by atoms with Gasteiger partial charge in [-0.25, -0.2) is 0 Å². The Hall–Kier alpha value is -1.55. The van der Waals surface area contributed by atoms with E-state index in [1.807, 2.05) is 52.0 Å². The van der Waals surface area contributed by atoms with Crippen LogP contribution < -0.4 is 0 Å². The highest BCUT2D eigenvalue weighted by molar-refractivity contribution is 8.04. The number of rotatable bonds is 3. The molecule has 1 aliphatic rings. The summed E-state index contributed by atoms with van der Waals surface area (Å²) in [4.78, 5) is 26.0. The van der Waals surface area contributed by atoms with Gasteiger partial charge in [-0.2, -0.15) is 0 Å². The maximum absolute atomic E-state index is 12.2. The van der Waals surface area contributed by atoms with Crippen molar-refractivity contribution in [3.05, 3.63) is 46.5 Å². The summed E-state index contributed by atoms with van der Waals surface area (Å²) in [7, 11) is 0. The summed E-state index contributed by atoms with van der Waals surface area (Å²) in [5.74, 6) is 0.528. The van der Waals surface area contributed by atoms with Crippen LogP contribution in [0, 0.1) is 12.3 Å². The molecule has 0 aromatic heterocycles. The summed E-state index contributed by atoms with van der Waals surface area (Å²) in [5, 5.41) is 0.767. The Morgan fingerprint density at radius 2 is 2.00 bits per heavy atom. The van der Waals surface area contributed by atoms with Crippen LogP contribution in [0.5, 0.6) is 0 Å². The molecule has 0 aliphatic carbocycles. The molecule has 112 valence electrons. The van der Waals surface area contributed by atoms with Crippen LogP contribution in [0.25, 0.3) is 0 Å². The highest BCUT2D eigenvalue weighted by Gasteiger charge is 2.29. The lowest BCUT2D eigenvalue weighted by Crippen LogP contribution is -2.26. The molecule has 0 radical (unpaired) electrons. The van der Waals surface area contributed by atoms with Crippen molar-refractivity contribution in [2.45, 2.75) is 34.2 Å². The standard InChI is InChI=1S/C17H21NO2S/c1-12-7-5-6-8-13(12)10-18-15(20)11-21-16(18)9-14(19)17(2,3)4/h5-9H,10-11H2,1-4H3/b16-9-. The molecular weight excluding hydrogens is 282 g/mol. The summed E-state index contributed by atoms with van der Waals surface area (Å²) in [5.41, 5.74) is 1.85. The van der Waals surface area contributed by atoms with Crippen molar-refractivity contribution in [3.63, 3.8) is 0 Å². The lowest BCUT2D eigenvalue weighted by atomic mass is 9.91. The van der Waals surface area contributed by atoms with Crippen molar-refractivity contribution < 1.29 is 9.59 Å². The third-order valence-electron chi connectivity index (χ3n) is 3.49. The second-order valence-corrected chi connectivity index (χ2v) is 7.29. The van der Waals surface area contributed by atoms with Gasteiger partial charge in [0.1, 0.15) is 0 Å². The summed E-state index contributed by atoms with van der Waals surface area (Å²) >= 11 is 1.44. The summed E-state index contributed by atoms with van der Waals surface area (Å²) < 4.78 is 0. The zero-order chi connectivity index (χ0) is 15.6. The van der Waals surface area contributed by atoms with Crippen LogP contribution >= 0.6 is 11.8 Å². The maximum atomic E-state index is 12.2. The number of carbonyl (C=O) groups is 2. The van der Waals surface area contributed by atoms with Crippen molar-refractivity contribution in [1.82, 2.24) is 4.90 Å². The average Bonchev–Trinajstić information content (AvgIpc) is 2.73. The third kappa shape index (κ3) is 3.76. The molecule has 0 atom stereocenters.